The van der Waals surface area contributed by atoms with Gasteiger partial charge in [0.05, 0.1) is 6.33 Å². The molecule has 1 heterocycles. The van der Waals surface area contributed by atoms with E-state index in [0.717, 1.165) is 19.0 Å². The molecular weight excluding hydrogens is 210 g/mol. The molecule has 1 aliphatic carbocycles. The SMILES string of the molecule is CC(C)NCCn1cncc1C1CCCCC1. The van der Waals surface area contributed by atoms with Gasteiger partial charge in [-0.3, -0.25) is 0 Å². The van der Waals surface area contributed by atoms with Crippen molar-refractivity contribution in [2.45, 2.75) is 64.5 Å². The second-order valence-electron chi connectivity index (χ2n) is 5.46. The lowest BCUT2D eigenvalue weighted by molar-refractivity contribution is 0.419. The monoisotopic (exact) mass is 235 g/mol. The van der Waals surface area contributed by atoms with E-state index < -0.39 is 0 Å². The van der Waals surface area contributed by atoms with E-state index in [4.69, 9.17) is 0 Å². The molecule has 1 N–H and O–H groups in total. The van der Waals surface area contributed by atoms with Crippen molar-refractivity contribution in [3.63, 3.8) is 0 Å². The van der Waals surface area contributed by atoms with Gasteiger partial charge >= 0.3 is 0 Å². The third kappa shape index (κ3) is 3.56. The van der Waals surface area contributed by atoms with E-state index in [1.807, 2.05) is 6.33 Å². The van der Waals surface area contributed by atoms with Crippen LogP contribution in [0.25, 0.3) is 0 Å². The fourth-order valence-corrected chi connectivity index (χ4v) is 2.73. The summed E-state index contributed by atoms with van der Waals surface area (Å²) in [5.74, 6) is 0.755. The van der Waals surface area contributed by atoms with Gasteiger partial charge < -0.3 is 9.88 Å². The standard InChI is InChI=1S/C14H25N3/c1-12(2)16-8-9-17-11-15-10-14(17)13-6-4-3-5-7-13/h10-13,16H,3-9H2,1-2H3. The van der Waals surface area contributed by atoms with Crippen LogP contribution in [0.4, 0.5) is 0 Å². The quantitative estimate of drug-likeness (QED) is 0.850. The summed E-state index contributed by atoms with van der Waals surface area (Å²) in [6, 6.07) is 0.566. The van der Waals surface area contributed by atoms with Crippen molar-refractivity contribution in [1.82, 2.24) is 14.9 Å². The van der Waals surface area contributed by atoms with Gasteiger partial charge in [0.25, 0.3) is 0 Å². The molecule has 1 aromatic rings. The second-order valence-corrected chi connectivity index (χ2v) is 5.46. The molecule has 1 saturated carbocycles. The van der Waals surface area contributed by atoms with Crippen molar-refractivity contribution in [3.05, 3.63) is 18.2 Å². The smallest absolute Gasteiger partial charge is 0.0948 e. The van der Waals surface area contributed by atoms with E-state index in [2.05, 4.69) is 34.9 Å². The molecule has 96 valence electrons. The Morgan fingerprint density at radius 1 is 1.35 bits per heavy atom. The topological polar surface area (TPSA) is 29.9 Å². The summed E-state index contributed by atoms with van der Waals surface area (Å²) >= 11 is 0. The first-order valence-corrected chi connectivity index (χ1v) is 7.01. The van der Waals surface area contributed by atoms with E-state index in [-0.39, 0.29) is 0 Å². The average Bonchev–Trinajstić information content (AvgIpc) is 2.78. The molecule has 0 aromatic carbocycles. The lowest BCUT2D eigenvalue weighted by Gasteiger charge is -2.23. The van der Waals surface area contributed by atoms with Crippen molar-refractivity contribution < 1.29 is 0 Å². The number of aromatic nitrogens is 2. The Hall–Kier alpha value is -0.830. The Bertz CT molecular complexity index is 324. The molecule has 0 unspecified atom stereocenters. The Morgan fingerprint density at radius 2 is 2.12 bits per heavy atom. The highest BCUT2D eigenvalue weighted by Crippen LogP contribution is 2.32. The molecule has 0 spiro atoms. The minimum Gasteiger partial charge on any atom is -0.333 e. The van der Waals surface area contributed by atoms with Crippen LogP contribution in [0.5, 0.6) is 0 Å². The highest BCUT2D eigenvalue weighted by atomic mass is 15.1. The van der Waals surface area contributed by atoms with Crippen LogP contribution in [-0.4, -0.2) is 22.1 Å². The Kier molecular flexibility index (Phi) is 4.60. The predicted octanol–water partition coefficient (Wildman–Crippen LogP) is 2.93. The molecule has 0 atom stereocenters. The van der Waals surface area contributed by atoms with Crippen molar-refractivity contribution in [3.8, 4) is 0 Å². The zero-order valence-electron chi connectivity index (χ0n) is 11.2. The molecule has 0 saturated heterocycles. The molecular formula is C14H25N3. The number of hydrogen-bond acceptors (Lipinski definition) is 2. The second kappa shape index (κ2) is 6.20. The average molecular weight is 235 g/mol. The first kappa shape index (κ1) is 12.6. The summed E-state index contributed by atoms with van der Waals surface area (Å²) in [5, 5.41) is 3.47. The maximum atomic E-state index is 4.33. The first-order chi connectivity index (χ1) is 8.27. The van der Waals surface area contributed by atoms with Gasteiger partial charge in [0.15, 0.2) is 0 Å². The number of nitrogens with zero attached hydrogens (tertiary/aromatic N) is 2. The third-order valence-electron chi connectivity index (χ3n) is 3.67. The summed E-state index contributed by atoms with van der Waals surface area (Å²) in [7, 11) is 0. The van der Waals surface area contributed by atoms with Crippen molar-refractivity contribution in [2.24, 2.45) is 0 Å². The maximum Gasteiger partial charge on any atom is 0.0948 e. The van der Waals surface area contributed by atoms with E-state index in [0.29, 0.717) is 6.04 Å². The number of rotatable bonds is 5. The van der Waals surface area contributed by atoms with Crippen molar-refractivity contribution in [1.29, 1.82) is 0 Å². The number of hydrogen-bond donors (Lipinski definition) is 1. The van der Waals surface area contributed by atoms with Gasteiger partial charge in [-0.15, -0.1) is 0 Å². The minimum absolute atomic E-state index is 0.566. The first-order valence-electron chi connectivity index (χ1n) is 7.01. The van der Waals surface area contributed by atoms with Crippen LogP contribution in [0, 0.1) is 0 Å². The van der Waals surface area contributed by atoms with E-state index in [9.17, 15) is 0 Å². The van der Waals surface area contributed by atoms with Gasteiger partial charge in [-0.25, -0.2) is 4.98 Å². The molecule has 2 rings (SSSR count). The van der Waals surface area contributed by atoms with Gasteiger partial charge in [0.2, 0.25) is 0 Å². The third-order valence-corrected chi connectivity index (χ3v) is 3.67. The molecule has 1 aliphatic rings. The summed E-state index contributed by atoms with van der Waals surface area (Å²) < 4.78 is 2.34. The molecule has 0 amide bonds. The van der Waals surface area contributed by atoms with E-state index in [1.165, 1.54) is 37.8 Å². The maximum absolute atomic E-state index is 4.33. The fraction of sp³-hybridized carbons (Fsp3) is 0.786. The summed E-state index contributed by atoms with van der Waals surface area (Å²) in [6.07, 6.45) is 11.0. The van der Waals surface area contributed by atoms with Crippen LogP contribution in [0.3, 0.4) is 0 Å². The van der Waals surface area contributed by atoms with Gasteiger partial charge in [-0.05, 0) is 12.8 Å². The summed E-state index contributed by atoms with van der Waals surface area (Å²) in [6.45, 7) is 6.46. The number of nitrogens with one attached hydrogen (secondary N) is 1. The molecule has 1 fully saturated rings. The van der Waals surface area contributed by atoms with E-state index >= 15 is 0 Å². The van der Waals surface area contributed by atoms with E-state index in [1.54, 1.807) is 0 Å². The van der Waals surface area contributed by atoms with Crippen LogP contribution >= 0.6 is 0 Å². The molecule has 3 heteroatoms. The van der Waals surface area contributed by atoms with Gasteiger partial charge in [0.1, 0.15) is 0 Å². The summed E-state index contributed by atoms with van der Waals surface area (Å²) in [4.78, 5) is 4.33. The van der Waals surface area contributed by atoms with Crippen LogP contribution in [0.2, 0.25) is 0 Å². The Balaban J connectivity index is 1.91. The normalized spacial score (nSPS) is 17.8. The molecule has 1 aromatic heterocycles. The predicted molar refractivity (Wildman–Crippen MR) is 71.2 cm³/mol. The lowest BCUT2D eigenvalue weighted by Crippen LogP contribution is -2.27. The molecule has 3 nitrogen and oxygen atoms in total. The van der Waals surface area contributed by atoms with Gasteiger partial charge in [-0.2, -0.15) is 0 Å². The minimum atomic E-state index is 0.566. The largest absolute Gasteiger partial charge is 0.333 e. The van der Waals surface area contributed by atoms with Crippen LogP contribution in [0.1, 0.15) is 57.6 Å². The molecule has 17 heavy (non-hydrogen) atoms. The fourth-order valence-electron chi connectivity index (χ4n) is 2.73. The van der Waals surface area contributed by atoms with Crippen molar-refractivity contribution >= 4 is 0 Å². The van der Waals surface area contributed by atoms with Crippen LogP contribution in [-0.2, 0) is 6.54 Å². The zero-order chi connectivity index (χ0) is 12.1. The zero-order valence-corrected chi connectivity index (χ0v) is 11.2. The lowest BCUT2D eigenvalue weighted by atomic mass is 9.87. The van der Waals surface area contributed by atoms with Crippen LogP contribution in [0.15, 0.2) is 12.5 Å². The number of imidazole rings is 1. The molecule has 0 aliphatic heterocycles. The summed E-state index contributed by atoms with van der Waals surface area (Å²) in [5.41, 5.74) is 1.45. The van der Waals surface area contributed by atoms with Gasteiger partial charge in [-0.1, -0.05) is 33.1 Å². The highest BCUT2D eigenvalue weighted by molar-refractivity contribution is 5.07. The highest BCUT2D eigenvalue weighted by Gasteiger charge is 2.18. The molecule has 0 radical (unpaired) electrons. The van der Waals surface area contributed by atoms with Crippen molar-refractivity contribution in [2.75, 3.05) is 6.54 Å². The molecule has 0 bridgehead atoms. The Labute approximate surface area is 105 Å². The van der Waals surface area contributed by atoms with Crippen LogP contribution < -0.4 is 5.32 Å². The van der Waals surface area contributed by atoms with Gasteiger partial charge in [0, 0.05) is 36.9 Å². The Morgan fingerprint density at radius 3 is 2.82 bits per heavy atom.